The molecule has 7 saturated carbocycles. The average molecular weight is 587 g/mol. The molecule has 4 aromatic rings. The maximum Gasteiger partial charge on any atom is 0.142 e. The Balaban J connectivity index is 1.02. The molecule has 0 saturated heterocycles. The van der Waals surface area contributed by atoms with Crippen LogP contribution in [0.3, 0.4) is 0 Å². The molecule has 0 heterocycles. The molecule has 0 aromatic heterocycles. The minimum Gasteiger partial charge on any atom is -0.506 e. The molecule has 0 amide bonds. The zero-order valence-electron chi connectivity index (χ0n) is 24.7. The summed E-state index contributed by atoms with van der Waals surface area (Å²) < 4.78 is 12.2. The topological polar surface area (TPSA) is 111 Å². The van der Waals surface area contributed by atoms with Gasteiger partial charge in [0.2, 0.25) is 0 Å². The molecule has 4 aromatic carbocycles. The van der Waals surface area contributed by atoms with E-state index in [2.05, 4.69) is 48.5 Å². The van der Waals surface area contributed by atoms with Crippen LogP contribution in [0.2, 0.25) is 0 Å². The maximum absolute atomic E-state index is 10.0. The molecule has 7 aliphatic carbocycles. The molecule has 4 atom stereocenters. The van der Waals surface area contributed by atoms with Crippen molar-refractivity contribution in [1.29, 1.82) is 0 Å². The Hall–Kier alpha value is -4.32. The van der Waals surface area contributed by atoms with Gasteiger partial charge in [-0.25, -0.2) is 0 Å². The Morgan fingerprint density at radius 1 is 0.500 bits per heavy atom. The molecule has 0 spiro atoms. The van der Waals surface area contributed by atoms with Gasteiger partial charge >= 0.3 is 0 Å². The van der Waals surface area contributed by atoms with Crippen LogP contribution in [0.15, 0.2) is 84.9 Å². The third kappa shape index (κ3) is 3.54. The monoisotopic (exact) mass is 586 g/mol. The fourth-order valence-electron chi connectivity index (χ4n) is 11.2. The summed E-state index contributed by atoms with van der Waals surface area (Å²) in [5.74, 6) is 7.25. The van der Waals surface area contributed by atoms with E-state index in [1.807, 2.05) is 0 Å². The molecule has 6 heteroatoms. The summed E-state index contributed by atoms with van der Waals surface area (Å²) in [7, 11) is 0. The molecule has 4 unspecified atom stereocenters. The first-order valence-corrected chi connectivity index (χ1v) is 16.1. The number of phenols is 2. The van der Waals surface area contributed by atoms with Crippen LogP contribution in [-0.4, -0.2) is 10.2 Å². The van der Waals surface area contributed by atoms with E-state index < -0.39 is 0 Å². The molecule has 0 aliphatic heterocycles. The normalized spacial score (nSPS) is 33.9. The molecule has 224 valence electrons. The largest absolute Gasteiger partial charge is 0.506 e. The van der Waals surface area contributed by atoms with Gasteiger partial charge in [-0.05, 0) is 134 Å². The van der Waals surface area contributed by atoms with Gasteiger partial charge in [0.25, 0.3) is 0 Å². The highest BCUT2D eigenvalue weighted by molar-refractivity contribution is 5.56. The first-order valence-electron chi connectivity index (χ1n) is 16.1. The van der Waals surface area contributed by atoms with Gasteiger partial charge in [-0.1, -0.05) is 24.3 Å². The Morgan fingerprint density at radius 2 is 0.841 bits per heavy atom. The SMILES string of the molecule is Nc1ccc(Oc2ccc(C34CC5CC6C3CC3CC4C(C5)C6(c4ccc(Oc5ccc(N)c(O)c5)cc4)C3)cc2)cc1O. The number of hydrogen-bond donors (Lipinski definition) is 4. The summed E-state index contributed by atoms with van der Waals surface area (Å²) >= 11 is 0. The van der Waals surface area contributed by atoms with Crippen molar-refractivity contribution in [3.8, 4) is 34.5 Å². The highest BCUT2D eigenvalue weighted by Gasteiger charge is 2.75. The highest BCUT2D eigenvalue weighted by atomic mass is 16.5. The highest BCUT2D eigenvalue weighted by Crippen LogP contribution is 2.80. The summed E-state index contributed by atoms with van der Waals surface area (Å²) in [5.41, 5.74) is 15.8. The second-order valence-electron chi connectivity index (χ2n) is 14.3. The molecule has 0 radical (unpaired) electrons. The fourth-order valence-corrected chi connectivity index (χ4v) is 11.2. The summed E-state index contributed by atoms with van der Waals surface area (Å²) in [4.78, 5) is 0. The minimum absolute atomic E-state index is 0.0391. The number of rotatable bonds is 6. The van der Waals surface area contributed by atoms with Crippen LogP contribution in [0, 0.1) is 35.5 Å². The van der Waals surface area contributed by atoms with E-state index in [9.17, 15) is 10.2 Å². The number of ether oxygens (including phenoxy) is 2. The number of nitrogen functional groups attached to an aromatic ring is 2. The lowest BCUT2D eigenvalue weighted by Gasteiger charge is -2.79. The summed E-state index contributed by atoms with van der Waals surface area (Å²) in [6.45, 7) is 0. The third-order valence-electron chi connectivity index (χ3n) is 12.5. The predicted octanol–water partition coefficient (Wildman–Crippen LogP) is 8.13. The summed E-state index contributed by atoms with van der Waals surface area (Å²) in [6, 6.07) is 27.9. The molecule has 8 bridgehead atoms. The Bertz CT molecular complexity index is 1610. The van der Waals surface area contributed by atoms with E-state index in [1.165, 1.54) is 49.7 Å². The van der Waals surface area contributed by atoms with E-state index >= 15 is 0 Å². The second kappa shape index (κ2) is 9.10. The van der Waals surface area contributed by atoms with Crippen LogP contribution in [0.1, 0.15) is 49.7 Å². The molecular formula is C38H38N2O4. The van der Waals surface area contributed by atoms with Crippen molar-refractivity contribution < 1.29 is 19.7 Å². The first-order chi connectivity index (χ1) is 21.3. The predicted molar refractivity (Wildman–Crippen MR) is 170 cm³/mol. The van der Waals surface area contributed by atoms with Crippen molar-refractivity contribution in [3.05, 3.63) is 96.1 Å². The Labute approximate surface area is 257 Å². The maximum atomic E-state index is 10.0. The molecule has 6 nitrogen and oxygen atoms in total. The van der Waals surface area contributed by atoms with Gasteiger partial charge < -0.3 is 31.2 Å². The van der Waals surface area contributed by atoms with Crippen LogP contribution in [0.4, 0.5) is 11.4 Å². The van der Waals surface area contributed by atoms with Crippen LogP contribution in [-0.2, 0) is 10.8 Å². The number of nitrogens with two attached hydrogens (primary N) is 2. The molecule has 7 aliphatic rings. The van der Waals surface area contributed by atoms with Crippen molar-refractivity contribution in [1.82, 2.24) is 0 Å². The van der Waals surface area contributed by atoms with Gasteiger partial charge in [-0.3, -0.25) is 0 Å². The first kappa shape index (κ1) is 26.1. The van der Waals surface area contributed by atoms with Crippen molar-refractivity contribution in [2.24, 2.45) is 35.5 Å². The van der Waals surface area contributed by atoms with Gasteiger partial charge in [0, 0.05) is 23.0 Å². The lowest BCUT2D eigenvalue weighted by Crippen LogP contribution is -2.75. The number of benzene rings is 4. The minimum atomic E-state index is 0.0391. The zero-order chi connectivity index (χ0) is 29.8. The number of phenolic OH excluding ortho intramolecular Hbond substituents is 2. The van der Waals surface area contributed by atoms with Gasteiger partial charge in [0.1, 0.15) is 34.5 Å². The molecule has 11 rings (SSSR count). The van der Waals surface area contributed by atoms with E-state index in [0.717, 1.165) is 23.3 Å². The van der Waals surface area contributed by atoms with Crippen LogP contribution in [0.25, 0.3) is 0 Å². The molecular weight excluding hydrogens is 548 g/mol. The summed E-state index contributed by atoms with van der Waals surface area (Å²) in [6.07, 6.45) is 8.07. The Kier molecular flexibility index (Phi) is 5.40. The number of hydrogen-bond acceptors (Lipinski definition) is 6. The van der Waals surface area contributed by atoms with Crippen LogP contribution >= 0.6 is 0 Å². The smallest absolute Gasteiger partial charge is 0.142 e. The third-order valence-corrected chi connectivity index (χ3v) is 12.5. The van der Waals surface area contributed by atoms with Gasteiger partial charge in [-0.15, -0.1) is 0 Å². The van der Waals surface area contributed by atoms with Crippen molar-refractivity contribution in [2.45, 2.75) is 49.4 Å². The summed E-state index contributed by atoms with van der Waals surface area (Å²) in [5, 5.41) is 20.0. The van der Waals surface area contributed by atoms with Crippen molar-refractivity contribution in [3.63, 3.8) is 0 Å². The number of anilines is 2. The lowest BCUT2D eigenvalue weighted by atomic mass is 9.25. The zero-order valence-corrected chi connectivity index (χ0v) is 24.7. The quantitative estimate of drug-likeness (QED) is 0.134. The average Bonchev–Trinajstić information content (AvgIpc) is 3.03. The van der Waals surface area contributed by atoms with Gasteiger partial charge in [-0.2, -0.15) is 0 Å². The van der Waals surface area contributed by atoms with E-state index in [-0.39, 0.29) is 22.3 Å². The van der Waals surface area contributed by atoms with Gasteiger partial charge in [0.15, 0.2) is 0 Å². The van der Waals surface area contributed by atoms with Gasteiger partial charge in [0.05, 0.1) is 11.4 Å². The van der Waals surface area contributed by atoms with E-state index in [0.29, 0.717) is 46.5 Å². The van der Waals surface area contributed by atoms with Crippen LogP contribution < -0.4 is 20.9 Å². The standard InChI is InChI=1S/C38H38N2O4/c39-33-11-9-27(17-35(33)41)43-25-5-1-23(2-6-25)37-19-21-15-31-29(37)13-22-14-30(37)32(16-21)38(31,20-22)24-3-7-26(8-4-24)44-28-10-12-34(40)36(42)18-28/h1-12,17-18,21-22,29-32,41-42H,13-16,19-20,39-40H2. The molecule has 7 fully saturated rings. The molecule has 6 N–H and O–H groups in total. The second-order valence-corrected chi connectivity index (χ2v) is 14.3. The Morgan fingerprint density at radius 3 is 1.18 bits per heavy atom. The molecule has 44 heavy (non-hydrogen) atoms. The lowest BCUT2D eigenvalue weighted by molar-refractivity contribution is -0.237. The van der Waals surface area contributed by atoms with Crippen molar-refractivity contribution in [2.75, 3.05) is 11.5 Å². The van der Waals surface area contributed by atoms with E-state index in [1.54, 1.807) is 36.4 Å². The van der Waals surface area contributed by atoms with Crippen molar-refractivity contribution >= 4 is 11.4 Å². The number of aromatic hydroxyl groups is 2. The van der Waals surface area contributed by atoms with E-state index in [4.69, 9.17) is 20.9 Å². The fraction of sp³-hybridized carbons (Fsp3) is 0.368. The van der Waals surface area contributed by atoms with Crippen LogP contribution in [0.5, 0.6) is 34.5 Å².